The predicted molar refractivity (Wildman–Crippen MR) is 90.5 cm³/mol. The molecule has 0 heterocycles. The van der Waals surface area contributed by atoms with E-state index in [0.29, 0.717) is 6.54 Å². The van der Waals surface area contributed by atoms with Gasteiger partial charge in [-0.25, -0.2) is 0 Å². The molecule has 21 heavy (non-hydrogen) atoms. The lowest BCUT2D eigenvalue weighted by Gasteiger charge is -2.08. The topological polar surface area (TPSA) is 41.1 Å². The third-order valence-corrected chi connectivity index (χ3v) is 3.72. The summed E-state index contributed by atoms with van der Waals surface area (Å²) >= 11 is 3.38. The van der Waals surface area contributed by atoms with Crippen molar-refractivity contribution in [3.63, 3.8) is 0 Å². The zero-order chi connectivity index (χ0) is 15.1. The SMILES string of the molecule is Cc1ccccc1CCNCC(=O)Nc1cccc(Br)c1. The molecule has 0 aromatic heterocycles. The Morgan fingerprint density at radius 2 is 1.95 bits per heavy atom. The average Bonchev–Trinajstić information content (AvgIpc) is 2.45. The van der Waals surface area contributed by atoms with Crippen LogP contribution in [0.5, 0.6) is 0 Å². The van der Waals surface area contributed by atoms with Crippen molar-refractivity contribution in [2.45, 2.75) is 13.3 Å². The second kappa shape index (κ2) is 7.96. The first-order valence-corrected chi connectivity index (χ1v) is 7.75. The van der Waals surface area contributed by atoms with Crippen LogP contribution in [0, 0.1) is 6.92 Å². The highest BCUT2D eigenvalue weighted by Gasteiger charge is 2.02. The maximum Gasteiger partial charge on any atom is 0.238 e. The van der Waals surface area contributed by atoms with Crippen molar-refractivity contribution in [3.8, 4) is 0 Å². The van der Waals surface area contributed by atoms with Gasteiger partial charge < -0.3 is 10.6 Å². The lowest BCUT2D eigenvalue weighted by Crippen LogP contribution is -2.29. The van der Waals surface area contributed by atoms with Gasteiger partial charge in [0.1, 0.15) is 0 Å². The summed E-state index contributed by atoms with van der Waals surface area (Å²) in [6.45, 7) is 3.21. The molecule has 0 saturated heterocycles. The molecule has 2 aromatic carbocycles. The molecule has 0 fully saturated rings. The van der Waals surface area contributed by atoms with Crippen LogP contribution in [0.1, 0.15) is 11.1 Å². The van der Waals surface area contributed by atoms with Crippen molar-refractivity contribution < 1.29 is 4.79 Å². The molecule has 0 atom stereocenters. The Morgan fingerprint density at radius 1 is 1.14 bits per heavy atom. The minimum atomic E-state index is -0.0297. The normalized spacial score (nSPS) is 10.4. The van der Waals surface area contributed by atoms with Crippen LogP contribution < -0.4 is 10.6 Å². The van der Waals surface area contributed by atoms with Crippen LogP contribution >= 0.6 is 15.9 Å². The van der Waals surface area contributed by atoms with Gasteiger partial charge in [0.2, 0.25) is 5.91 Å². The van der Waals surface area contributed by atoms with Crippen LogP contribution in [0.3, 0.4) is 0 Å². The van der Waals surface area contributed by atoms with E-state index < -0.39 is 0 Å². The minimum absolute atomic E-state index is 0.0297. The van der Waals surface area contributed by atoms with Crippen LogP contribution in [0.2, 0.25) is 0 Å². The van der Waals surface area contributed by atoms with Gasteiger partial charge in [0.15, 0.2) is 0 Å². The number of benzene rings is 2. The van der Waals surface area contributed by atoms with Crippen molar-refractivity contribution in [1.29, 1.82) is 0 Å². The number of anilines is 1. The number of hydrogen-bond acceptors (Lipinski definition) is 2. The van der Waals surface area contributed by atoms with E-state index in [1.165, 1.54) is 11.1 Å². The Kier molecular flexibility index (Phi) is 5.96. The molecule has 0 spiro atoms. The molecule has 0 aliphatic rings. The summed E-state index contributed by atoms with van der Waals surface area (Å²) in [4.78, 5) is 11.8. The summed E-state index contributed by atoms with van der Waals surface area (Å²) < 4.78 is 0.952. The largest absolute Gasteiger partial charge is 0.325 e. The van der Waals surface area contributed by atoms with Crippen molar-refractivity contribution in [2.75, 3.05) is 18.4 Å². The maximum absolute atomic E-state index is 11.8. The Bertz CT molecular complexity index is 613. The lowest BCUT2D eigenvalue weighted by molar-refractivity contribution is -0.115. The van der Waals surface area contributed by atoms with Gasteiger partial charge in [0.05, 0.1) is 6.54 Å². The number of nitrogens with one attached hydrogen (secondary N) is 2. The number of aryl methyl sites for hydroxylation is 1. The summed E-state index contributed by atoms with van der Waals surface area (Å²) in [7, 11) is 0. The Labute approximate surface area is 133 Å². The molecular weight excluding hydrogens is 328 g/mol. The fourth-order valence-corrected chi connectivity index (χ4v) is 2.49. The Hall–Kier alpha value is -1.65. The van der Waals surface area contributed by atoms with Crippen molar-refractivity contribution in [2.24, 2.45) is 0 Å². The van der Waals surface area contributed by atoms with Gasteiger partial charge in [-0.2, -0.15) is 0 Å². The van der Waals surface area contributed by atoms with Gasteiger partial charge in [0, 0.05) is 10.2 Å². The first-order chi connectivity index (χ1) is 10.1. The fourth-order valence-electron chi connectivity index (χ4n) is 2.09. The zero-order valence-corrected chi connectivity index (χ0v) is 13.6. The molecule has 1 amide bonds. The summed E-state index contributed by atoms with van der Waals surface area (Å²) in [5.41, 5.74) is 3.41. The summed E-state index contributed by atoms with van der Waals surface area (Å²) in [6.07, 6.45) is 0.927. The van der Waals surface area contributed by atoms with E-state index >= 15 is 0 Å². The minimum Gasteiger partial charge on any atom is -0.325 e. The monoisotopic (exact) mass is 346 g/mol. The molecular formula is C17H19BrN2O. The van der Waals surface area contributed by atoms with E-state index in [2.05, 4.69) is 45.6 Å². The molecule has 0 unspecified atom stereocenters. The standard InChI is InChI=1S/C17H19BrN2O/c1-13-5-2-3-6-14(13)9-10-19-12-17(21)20-16-8-4-7-15(18)11-16/h2-8,11,19H,9-10,12H2,1H3,(H,20,21). The first-order valence-electron chi connectivity index (χ1n) is 6.96. The number of amides is 1. The van der Waals surface area contributed by atoms with Crippen LogP contribution in [0.4, 0.5) is 5.69 Å². The Balaban J connectivity index is 1.71. The quantitative estimate of drug-likeness (QED) is 0.785. The second-order valence-corrected chi connectivity index (χ2v) is 5.83. The highest BCUT2D eigenvalue weighted by atomic mass is 79.9. The fraction of sp³-hybridized carbons (Fsp3) is 0.235. The maximum atomic E-state index is 11.8. The van der Waals surface area contributed by atoms with Gasteiger partial charge in [-0.1, -0.05) is 46.3 Å². The second-order valence-electron chi connectivity index (χ2n) is 4.91. The summed E-state index contributed by atoms with van der Waals surface area (Å²) in [5.74, 6) is -0.0297. The molecule has 2 N–H and O–H groups in total. The molecule has 0 bridgehead atoms. The van der Waals surface area contributed by atoms with Gasteiger partial charge >= 0.3 is 0 Å². The van der Waals surface area contributed by atoms with Gasteiger partial charge in [-0.3, -0.25) is 4.79 Å². The van der Waals surface area contributed by atoms with Gasteiger partial charge in [-0.15, -0.1) is 0 Å². The van der Waals surface area contributed by atoms with Crippen molar-refractivity contribution in [1.82, 2.24) is 5.32 Å². The predicted octanol–water partition coefficient (Wildman–Crippen LogP) is 3.53. The van der Waals surface area contributed by atoms with E-state index in [1.54, 1.807) is 0 Å². The third-order valence-electron chi connectivity index (χ3n) is 3.23. The van der Waals surface area contributed by atoms with Crippen LogP contribution in [-0.4, -0.2) is 19.0 Å². The van der Waals surface area contributed by atoms with Gasteiger partial charge in [-0.05, 0) is 49.2 Å². The number of halogens is 1. The molecule has 110 valence electrons. The van der Waals surface area contributed by atoms with E-state index in [1.807, 2.05) is 36.4 Å². The highest BCUT2D eigenvalue weighted by Crippen LogP contribution is 2.15. The van der Waals surface area contributed by atoms with Gasteiger partial charge in [0.25, 0.3) is 0 Å². The molecule has 0 radical (unpaired) electrons. The summed E-state index contributed by atoms with van der Waals surface area (Å²) in [5, 5.41) is 6.03. The van der Waals surface area contributed by atoms with Crippen LogP contribution in [-0.2, 0) is 11.2 Å². The van der Waals surface area contributed by atoms with Crippen LogP contribution in [0.25, 0.3) is 0 Å². The first kappa shape index (κ1) is 15.7. The smallest absolute Gasteiger partial charge is 0.238 e. The molecule has 0 aliphatic carbocycles. The molecule has 3 nitrogen and oxygen atoms in total. The highest BCUT2D eigenvalue weighted by molar-refractivity contribution is 9.10. The number of rotatable bonds is 6. The molecule has 4 heteroatoms. The van der Waals surface area contributed by atoms with E-state index in [0.717, 1.165) is 23.1 Å². The Morgan fingerprint density at radius 3 is 2.71 bits per heavy atom. The van der Waals surface area contributed by atoms with Crippen LogP contribution in [0.15, 0.2) is 53.0 Å². The van der Waals surface area contributed by atoms with E-state index in [4.69, 9.17) is 0 Å². The third kappa shape index (κ3) is 5.33. The summed E-state index contributed by atoms with van der Waals surface area (Å²) in [6, 6.07) is 15.9. The number of carbonyl (C=O) groups excluding carboxylic acids is 1. The molecule has 2 aromatic rings. The number of hydrogen-bond donors (Lipinski definition) is 2. The number of carbonyl (C=O) groups is 1. The lowest BCUT2D eigenvalue weighted by atomic mass is 10.1. The molecule has 0 aliphatic heterocycles. The van der Waals surface area contributed by atoms with E-state index in [-0.39, 0.29) is 5.91 Å². The average molecular weight is 347 g/mol. The molecule has 2 rings (SSSR count). The van der Waals surface area contributed by atoms with E-state index in [9.17, 15) is 4.79 Å². The molecule has 0 saturated carbocycles. The zero-order valence-electron chi connectivity index (χ0n) is 12.0. The van der Waals surface area contributed by atoms with Crippen molar-refractivity contribution in [3.05, 3.63) is 64.1 Å². The van der Waals surface area contributed by atoms with Crippen molar-refractivity contribution >= 4 is 27.5 Å².